The molecular weight excluding hydrogens is 180 g/mol. The highest BCUT2D eigenvalue weighted by Gasteiger charge is 2.12. The van der Waals surface area contributed by atoms with Crippen molar-refractivity contribution < 1.29 is 14.3 Å². The molecule has 0 spiro atoms. The van der Waals surface area contributed by atoms with E-state index in [1.807, 2.05) is 26.8 Å². The Balaban J connectivity index is 2.47. The Bertz CT molecular complexity index is 265. The Morgan fingerprint density at radius 2 is 2.14 bits per heavy atom. The fourth-order valence-electron chi connectivity index (χ4n) is 1.13. The molecule has 1 rings (SSSR count). The van der Waals surface area contributed by atoms with Crippen molar-refractivity contribution in [3.05, 3.63) is 23.7 Å². The van der Waals surface area contributed by atoms with Gasteiger partial charge >= 0.3 is 0 Å². The lowest BCUT2D eigenvalue weighted by Gasteiger charge is -2.11. The van der Waals surface area contributed by atoms with Gasteiger partial charge in [0.1, 0.15) is 17.6 Å². The second-order valence-corrected chi connectivity index (χ2v) is 3.56. The zero-order valence-electron chi connectivity index (χ0n) is 8.99. The van der Waals surface area contributed by atoms with Crippen LogP contribution in [0.2, 0.25) is 0 Å². The molecule has 3 heteroatoms. The Labute approximate surface area is 84.7 Å². The topological polar surface area (TPSA) is 42.6 Å². The van der Waals surface area contributed by atoms with Gasteiger partial charge in [0.15, 0.2) is 0 Å². The summed E-state index contributed by atoms with van der Waals surface area (Å²) in [6.07, 6.45) is 0.320. The molecule has 0 fully saturated rings. The van der Waals surface area contributed by atoms with Gasteiger partial charge in [0, 0.05) is 6.42 Å². The van der Waals surface area contributed by atoms with Gasteiger partial charge in [0.2, 0.25) is 0 Å². The van der Waals surface area contributed by atoms with Gasteiger partial charge in [-0.15, -0.1) is 0 Å². The van der Waals surface area contributed by atoms with Crippen molar-refractivity contribution >= 4 is 0 Å². The summed E-state index contributed by atoms with van der Waals surface area (Å²) in [4.78, 5) is 0. The first-order valence-electron chi connectivity index (χ1n) is 5.01. The molecule has 1 aromatic rings. The minimum absolute atomic E-state index is 0.130. The minimum Gasteiger partial charge on any atom is -0.463 e. The molecule has 1 heterocycles. The average Bonchev–Trinajstić information content (AvgIpc) is 2.62. The fourth-order valence-corrected chi connectivity index (χ4v) is 1.13. The molecule has 0 aliphatic rings. The number of ether oxygens (including phenoxy) is 1. The summed E-state index contributed by atoms with van der Waals surface area (Å²) in [5.74, 6) is 1.48. The van der Waals surface area contributed by atoms with Gasteiger partial charge in [0.05, 0.1) is 12.7 Å². The van der Waals surface area contributed by atoms with Gasteiger partial charge in [-0.05, 0) is 26.0 Å². The van der Waals surface area contributed by atoms with Crippen molar-refractivity contribution in [1.29, 1.82) is 0 Å². The molecule has 0 amide bonds. The van der Waals surface area contributed by atoms with Crippen LogP contribution >= 0.6 is 0 Å². The lowest BCUT2D eigenvalue weighted by molar-refractivity contribution is -0.00380. The van der Waals surface area contributed by atoms with Crippen molar-refractivity contribution in [3.63, 3.8) is 0 Å². The monoisotopic (exact) mass is 198 g/mol. The molecule has 0 aromatic carbocycles. The van der Waals surface area contributed by atoms with E-state index >= 15 is 0 Å². The molecule has 3 nitrogen and oxygen atoms in total. The number of aliphatic hydroxyl groups is 1. The quantitative estimate of drug-likeness (QED) is 0.789. The minimum atomic E-state index is -0.655. The third-order valence-corrected chi connectivity index (χ3v) is 1.95. The maximum Gasteiger partial charge on any atom is 0.135 e. The molecule has 0 saturated heterocycles. The summed E-state index contributed by atoms with van der Waals surface area (Å²) in [7, 11) is 0. The van der Waals surface area contributed by atoms with E-state index in [1.165, 1.54) is 0 Å². The zero-order chi connectivity index (χ0) is 10.6. The van der Waals surface area contributed by atoms with E-state index in [2.05, 4.69) is 0 Å². The average molecular weight is 198 g/mol. The van der Waals surface area contributed by atoms with Gasteiger partial charge in [-0.1, -0.05) is 6.92 Å². The maximum absolute atomic E-state index is 9.66. The van der Waals surface area contributed by atoms with Crippen molar-refractivity contribution in [2.45, 2.75) is 39.4 Å². The maximum atomic E-state index is 9.66. The van der Waals surface area contributed by atoms with E-state index in [0.717, 1.165) is 12.2 Å². The van der Waals surface area contributed by atoms with Crippen LogP contribution in [0.25, 0.3) is 0 Å². The fraction of sp³-hybridized carbons (Fsp3) is 0.636. The van der Waals surface area contributed by atoms with Crippen LogP contribution in [0.5, 0.6) is 0 Å². The van der Waals surface area contributed by atoms with Crippen molar-refractivity contribution in [3.8, 4) is 0 Å². The number of aryl methyl sites for hydroxylation is 1. The molecule has 0 radical (unpaired) electrons. The van der Waals surface area contributed by atoms with Crippen LogP contribution in [-0.4, -0.2) is 17.8 Å². The number of furan rings is 1. The van der Waals surface area contributed by atoms with Crippen molar-refractivity contribution in [1.82, 2.24) is 0 Å². The molecule has 1 atom stereocenters. The SMILES string of the molecule is CCc1ccc(C(O)COC(C)C)o1. The zero-order valence-corrected chi connectivity index (χ0v) is 8.99. The molecule has 1 unspecified atom stereocenters. The smallest absolute Gasteiger partial charge is 0.135 e. The lowest BCUT2D eigenvalue weighted by atomic mass is 10.3. The van der Waals surface area contributed by atoms with Crippen molar-refractivity contribution in [2.75, 3.05) is 6.61 Å². The van der Waals surface area contributed by atoms with Crippen LogP contribution in [0.1, 0.15) is 38.4 Å². The van der Waals surface area contributed by atoms with Crippen LogP contribution in [-0.2, 0) is 11.2 Å². The van der Waals surface area contributed by atoms with Crippen molar-refractivity contribution in [2.24, 2.45) is 0 Å². The molecule has 0 saturated carbocycles. The molecule has 0 aliphatic carbocycles. The van der Waals surface area contributed by atoms with Crippen LogP contribution in [0.15, 0.2) is 16.5 Å². The highest BCUT2D eigenvalue weighted by molar-refractivity contribution is 5.09. The van der Waals surface area contributed by atoms with E-state index in [1.54, 1.807) is 6.07 Å². The molecule has 1 aromatic heterocycles. The predicted molar refractivity (Wildman–Crippen MR) is 54.1 cm³/mol. The molecule has 1 N–H and O–H groups in total. The standard InChI is InChI=1S/C11H18O3/c1-4-9-5-6-11(14-9)10(12)7-13-8(2)3/h5-6,8,10,12H,4,7H2,1-3H3. The molecule has 14 heavy (non-hydrogen) atoms. The van der Waals surface area contributed by atoms with E-state index in [9.17, 15) is 5.11 Å². The third-order valence-electron chi connectivity index (χ3n) is 1.95. The summed E-state index contributed by atoms with van der Waals surface area (Å²) >= 11 is 0. The Morgan fingerprint density at radius 1 is 1.43 bits per heavy atom. The van der Waals surface area contributed by atoms with E-state index in [-0.39, 0.29) is 12.7 Å². The molecular formula is C11H18O3. The van der Waals surface area contributed by atoms with Gasteiger partial charge in [-0.25, -0.2) is 0 Å². The number of hydrogen-bond acceptors (Lipinski definition) is 3. The van der Waals surface area contributed by atoms with Gasteiger partial charge in [-0.3, -0.25) is 0 Å². The lowest BCUT2D eigenvalue weighted by Crippen LogP contribution is -2.11. The van der Waals surface area contributed by atoms with Gasteiger partial charge in [0.25, 0.3) is 0 Å². The molecule has 0 bridgehead atoms. The Hall–Kier alpha value is -0.800. The van der Waals surface area contributed by atoms with Crippen LogP contribution < -0.4 is 0 Å². The largest absolute Gasteiger partial charge is 0.463 e. The number of rotatable bonds is 5. The second kappa shape index (κ2) is 5.17. The molecule has 80 valence electrons. The summed E-state index contributed by atoms with van der Waals surface area (Å²) in [5.41, 5.74) is 0. The normalized spacial score (nSPS) is 13.5. The van der Waals surface area contributed by atoms with Gasteiger partial charge in [-0.2, -0.15) is 0 Å². The molecule has 0 aliphatic heterocycles. The predicted octanol–water partition coefficient (Wildman–Crippen LogP) is 2.30. The highest BCUT2D eigenvalue weighted by Crippen LogP contribution is 2.17. The summed E-state index contributed by atoms with van der Waals surface area (Å²) in [6, 6.07) is 3.68. The summed E-state index contributed by atoms with van der Waals surface area (Å²) < 4.78 is 10.7. The van der Waals surface area contributed by atoms with E-state index in [4.69, 9.17) is 9.15 Å². The Morgan fingerprint density at radius 3 is 2.64 bits per heavy atom. The summed E-state index contributed by atoms with van der Waals surface area (Å²) in [6.45, 7) is 6.17. The number of aliphatic hydroxyl groups excluding tert-OH is 1. The Kier molecular flexibility index (Phi) is 4.17. The van der Waals surface area contributed by atoms with Crippen LogP contribution in [0, 0.1) is 0 Å². The first-order chi connectivity index (χ1) is 6.63. The second-order valence-electron chi connectivity index (χ2n) is 3.56. The van der Waals surface area contributed by atoms with E-state index in [0.29, 0.717) is 5.76 Å². The number of hydrogen-bond donors (Lipinski definition) is 1. The van der Waals surface area contributed by atoms with E-state index < -0.39 is 6.10 Å². The summed E-state index contributed by atoms with van der Waals surface area (Å²) in [5, 5.41) is 9.66. The first-order valence-corrected chi connectivity index (χ1v) is 5.01. The third kappa shape index (κ3) is 3.16. The highest BCUT2D eigenvalue weighted by atomic mass is 16.5. The van der Waals surface area contributed by atoms with Crippen LogP contribution in [0.4, 0.5) is 0 Å². The van der Waals surface area contributed by atoms with Gasteiger partial charge < -0.3 is 14.3 Å². The van der Waals surface area contributed by atoms with Crippen LogP contribution in [0.3, 0.4) is 0 Å². The first kappa shape index (κ1) is 11.3.